The smallest absolute Gasteiger partial charge is 0.267 e. The van der Waals surface area contributed by atoms with Gasteiger partial charge in [0.25, 0.3) is 5.91 Å². The molecule has 1 aliphatic carbocycles. The highest BCUT2D eigenvalue weighted by atomic mass is 32.1. The Morgan fingerprint density at radius 2 is 2.00 bits per heavy atom. The first-order valence-electron chi connectivity index (χ1n) is 6.95. The van der Waals surface area contributed by atoms with Crippen molar-refractivity contribution in [1.82, 2.24) is 14.5 Å². The number of hydrogen-bond donors (Lipinski definition) is 0. The number of amides is 1. The quantitative estimate of drug-likeness (QED) is 0.829. The molecule has 1 aliphatic heterocycles. The first-order valence-corrected chi connectivity index (χ1v) is 7.73. The molecule has 3 rings (SSSR count). The average Bonchev–Trinajstić information content (AvgIpc) is 3.08. The van der Waals surface area contributed by atoms with Crippen LogP contribution in [0.15, 0.2) is 0 Å². The lowest BCUT2D eigenvalue weighted by atomic mass is 9.89. The summed E-state index contributed by atoms with van der Waals surface area (Å²) in [6, 6.07) is 0.238. The summed E-state index contributed by atoms with van der Waals surface area (Å²) in [5.74, 6) is -0.353. The first-order chi connectivity index (χ1) is 9.61. The van der Waals surface area contributed by atoms with Gasteiger partial charge in [0.1, 0.15) is 4.88 Å². The van der Waals surface area contributed by atoms with E-state index in [4.69, 9.17) is 9.47 Å². The van der Waals surface area contributed by atoms with Gasteiger partial charge in [-0.25, -0.2) is 0 Å². The van der Waals surface area contributed by atoms with Gasteiger partial charge in [0, 0.05) is 25.9 Å². The SMILES string of the molecule is Cc1nnsc1C(=O)N(C)C1CCC2(CC1)OCCO2. The summed E-state index contributed by atoms with van der Waals surface area (Å²) >= 11 is 1.17. The minimum atomic E-state index is -0.373. The molecule has 110 valence electrons. The summed E-state index contributed by atoms with van der Waals surface area (Å²) < 4.78 is 15.3. The molecule has 1 spiro atoms. The molecule has 6 nitrogen and oxygen atoms in total. The molecule has 2 heterocycles. The third-order valence-corrected chi connectivity index (χ3v) is 5.06. The van der Waals surface area contributed by atoms with E-state index < -0.39 is 0 Å². The Labute approximate surface area is 122 Å². The molecule has 0 atom stereocenters. The zero-order chi connectivity index (χ0) is 14.2. The van der Waals surface area contributed by atoms with Crippen molar-refractivity contribution in [3.8, 4) is 0 Å². The second-order valence-electron chi connectivity index (χ2n) is 5.44. The highest BCUT2D eigenvalue weighted by Crippen LogP contribution is 2.37. The van der Waals surface area contributed by atoms with Gasteiger partial charge in [-0.15, -0.1) is 5.10 Å². The Bertz CT molecular complexity index is 489. The molecule has 1 aromatic rings. The van der Waals surface area contributed by atoms with Gasteiger partial charge in [0.2, 0.25) is 0 Å². The van der Waals surface area contributed by atoms with E-state index in [0.717, 1.165) is 25.7 Å². The van der Waals surface area contributed by atoms with Crippen LogP contribution in [0.1, 0.15) is 41.0 Å². The Morgan fingerprint density at radius 3 is 2.55 bits per heavy atom. The van der Waals surface area contributed by atoms with Crippen molar-refractivity contribution in [2.45, 2.75) is 44.4 Å². The average molecular weight is 297 g/mol. The lowest BCUT2D eigenvalue weighted by Crippen LogP contribution is -2.44. The minimum Gasteiger partial charge on any atom is -0.348 e. The maximum Gasteiger partial charge on any atom is 0.267 e. The maximum atomic E-state index is 12.4. The van der Waals surface area contributed by atoms with E-state index in [-0.39, 0.29) is 17.7 Å². The molecule has 1 saturated heterocycles. The van der Waals surface area contributed by atoms with Crippen LogP contribution < -0.4 is 0 Å². The van der Waals surface area contributed by atoms with Gasteiger partial charge in [-0.05, 0) is 31.3 Å². The standard InChI is InChI=1S/C13H19N3O3S/c1-9-11(20-15-14-9)12(17)16(2)10-3-5-13(6-4-10)18-7-8-19-13/h10H,3-8H2,1-2H3. The lowest BCUT2D eigenvalue weighted by molar-refractivity contribution is -0.182. The molecule has 0 bridgehead atoms. The first kappa shape index (κ1) is 13.9. The maximum absolute atomic E-state index is 12.4. The second-order valence-corrected chi connectivity index (χ2v) is 6.20. The van der Waals surface area contributed by atoms with Gasteiger partial charge in [-0.2, -0.15) is 0 Å². The number of hydrogen-bond acceptors (Lipinski definition) is 6. The van der Waals surface area contributed by atoms with E-state index in [1.165, 1.54) is 11.5 Å². The molecular formula is C13H19N3O3S. The van der Waals surface area contributed by atoms with Crippen molar-refractivity contribution in [1.29, 1.82) is 0 Å². The third-order valence-electron chi connectivity index (χ3n) is 4.24. The number of carbonyl (C=O) groups excluding carboxylic acids is 1. The summed E-state index contributed by atoms with van der Waals surface area (Å²) in [6.07, 6.45) is 3.53. The molecule has 7 heteroatoms. The van der Waals surface area contributed by atoms with Crippen molar-refractivity contribution in [2.24, 2.45) is 0 Å². The van der Waals surface area contributed by atoms with E-state index in [1.54, 1.807) is 0 Å². The van der Waals surface area contributed by atoms with Crippen molar-refractivity contribution >= 4 is 17.4 Å². The predicted octanol–water partition coefficient (Wildman–Crippen LogP) is 1.60. The Balaban J connectivity index is 1.63. The van der Waals surface area contributed by atoms with Gasteiger partial charge in [-0.1, -0.05) is 4.49 Å². The van der Waals surface area contributed by atoms with Crippen LogP contribution in [0.4, 0.5) is 0 Å². The van der Waals surface area contributed by atoms with Gasteiger partial charge < -0.3 is 14.4 Å². The van der Waals surface area contributed by atoms with Crippen LogP contribution in [0.25, 0.3) is 0 Å². The highest BCUT2D eigenvalue weighted by molar-refractivity contribution is 7.07. The molecule has 1 amide bonds. The fourth-order valence-corrected chi connectivity index (χ4v) is 3.61. The monoisotopic (exact) mass is 297 g/mol. The number of rotatable bonds is 2. The zero-order valence-electron chi connectivity index (χ0n) is 11.8. The van der Waals surface area contributed by atoms with E-state index >= 15 is 0 Å². The minimum absolute atomic E-state index is 0.0201. The van der Waals surface area contributed by atoms with Gasteiger partial charge in [-0.3, -0.25) is 4.79 Å². The van der Waals surface area contributed by atoms with Crippen LogP contribution in [0.5, 0.6) is 0 Å². The fraction of sp³-hybridized carbons (Fsp3) is 0.769. The second kappa shape index (κ2) is 5.38. The largest absolute Gasteiger partial charge is 0.348 e. The molecule has 0 radical (unpaired) electrons. The topological polar surface area (TPSA) is 64.6 Å². The highest BCUT2D eigenvalue weighted by Gasteiger charge is 2.41. The molecular weight excluding hydrogens is 278 g/mol. The molecule has 2 aliphatic rings. The van der Waals surface area contributed by atoms with Gasteiger partial charge in [0.15, 0.2) is 5.79 Å². The Hall–Kier alpha value is -1.05. The number of aryl methyl sites for hydroxylation is 1. The molecule has 0 N–H and O–H groups in total. The molecule has 2 fully saturated rings. The van der Waals surface area contributed by atoms with Crippen molar-refractivity contribution in [3.05, 3.63) is 10.6 Å². The van der Waals surface area contributed by atoms with E-state index in [9.17, 15) is 4.79 Å². The summed E-state index contributed by atoms with van der Waals surface area (Å²) in [4.78, 5) is 14.9. The molecule has 20 heavy (non-hydrogen) atoms. The predicted molar refractivity (Wildman–Crippen MR) is 73.6 cm³/mol. The van der Waals surface area contributed by atoms with Crippen molar-refractivity contribution in [3.63, 3.8) is 0 Å². The molecule has 0 unspecified atom stereocenters. The Kier molecular flexibility index (Phi) is 3.74. The van der Waals surface area contributed by atoms with Gasteiger partial charge >= 0.3 is 0 Å². The number of ether oxygens (including phenoxy) is 2. The van der Waals surface area contributed by atoms with Crippen molar-refractivity contribution in [2.75, 3.05) is 20.3 Å². The number of nitrogens with zero attached hydrogens (tertiary/aromatic N) is 3. The summed E-state index contributed by atoms with van der Waals surface area (Å²) in [5.41, 5.74) is 0.710. The third kappa shape index (κ3) is 2.45. The fourth-order valence-electron chi connectivity index (χ4n) is 2.97. The van der Waals surface area contributed by atoms with Crippen LogP contribution in [-0.2, 0) is 9.47 Å². The van der Waals surface area contributed by atoms with Crippen molar-refractivity contribution < 1.29 is 14.3 Å². The van der Waals surface area contributed by atoms with Crippen LogP contribution in [0.3, 0.4) is 0 Å². The van der Waals surface area contributed by atoms with Crippen LogP contribution >= 0.6 is 11.5 Å². The summed E-state index contributed by atoms with van der Waals surface area (Å²) in [6.45, 7) is 3.19. The van der Waals surface area contributed by atoms with E-state index in [2.05, 4.69) is 9.59 Å². The molecule has 1 saturated carbocycles. The number of aromatic nitrogens is 2. The zero-order valence-corrected chi connectivity index (χ0v) is 12.6. The molecule has 1 aromatic heterocycles. The molecule has 0 aromatic carbocycles. The van der Waals surface area contributed by atoms with E-state index in [1.807, 2.05) is 18.9 Å². The van der Waals surface area contributed by atoms with Crippen LogP contribution in [0, 0.1) is 6.92 Å². The van der Waals surface area contributed by atoms with Crippen LogP contribution in [-0.4, -0.2) is 52.5 Å². The lowest BCUT2D eigenvalue weighted by Gasteiger charge is -2.38. The summed E-state index contributed by atoms with van der Waals surface area (Å²) in [5, 5.41) is 3.90. The van der Waals surface area contributed by atoms with Crippen LogP contribution in [0.2, 0.25) is 0 Å². The number of carbonyl (C=O) groups is 1. The van der Waals surface area contributed by atoms with Gasteiger partial charge in [0.05, 0.1) is 18.9 Å². The summed E-state index contributed by atoms with van der Waals surface area (Å²) in [7, 11) is 1.86. The van der Waals surface area contributed by atoms with E-state index in [0.29, 0.717) is 23.8 Å². The Morgan fingerprint density at radius 1 is 1.35 bits per heavy atom. The normalized spacial score (nSPS) is 22.3.